The van der Waals surface area contributed by atoms with E-state index in [4.69, 9.17) is 0 Å². The molecule has 1 fully saturated rings. The number of rotatable bonds is 3. The normalized spacial score (nSPS) is 26.7. The lowest BCUT2D eigenvalue weighted by Crippen LogP contribution is -2.48. The summed E-state index contributed by atoms with van der Waals surface area (Å²) in [4.78, 5) is 2.34. The first-order valence-corrected chi connectivity index (χ1v) is 7.48. The molecule has 0 bridgehead atoms. The summed E-state index contributed by atoms with van der Waals surface area (Å²) in [6.45, 7) is 0. The third kappa shape index (κ3) is 3.10. The highest BCUT2D eigenvalue weighted by atomic mass is 79.9. The van der Waals surface area contributed by atoms with Crippen LogP contribution in [-0.2, 0) is 0 Å². The van der Waals surface area contributed by atoms with E-state index >= 15 is 0 Å². The van der Waals surface area contributed by atoms with Crippen LogP contribution < -0.4 is 10.2 Å². The minimum absolute atomic E-state index is 0.308. The molecule has 1 aromatic carbocycles. The average molecular weight is 322 g/mol. The average Bonchev–Trinajstić information content (AvgIpc) is 2.47. The zero-order chi connectivity index (χ0) is 13.9. The third-order valence-electron chi connectivity index (χ3n) is 4.28. The topological polar surface area (TPSA) is 39.1 Å². The van der Waals surface area contributed by atoms with Crippen LogP contribution >= 0.6 is 15.9 Å². The molecule has 1 saturated carbocycles. The second-order valence-electron chi connectivity index (χ2n) is 5.26. The fourth-order valence-corrected chi connectivity index (χ4v) is 3.05. The molecule has 0 heterocycles. The predicted molar refractivity (Wildman–Crippen MR) is 82.2 cm³/mol. The highest BCUT2D eigenvalue weighted by Crippen LogP contribution is 2.32. The van der Waals surface area contributed by atoms with Gasteiger partial charge in [-0.05, 0) is 57.0 Å². The van der Waals surface area contributed by atoms with E-state index in [1.54, 1.807) is 0 Å². The molecule has 0 amide bonds. The minimum Gasteiger partial charge on any atom is -0.372 e. The molecule has 0 aliphatic heterocycles. The van der Waals surface area contributed by atoms with E-state index in [9.17, 15) is 5.26 Å². The van der Waals surface area contributed by atoms with Crippen LogP contribution in [0.15, 0.2) is 28.7 Å². The molecule has 102 valence electrons. The van der Waals surface area contributed by atoms with Gasteiger partial charge in [-0.25, -0.2) is 0 Å². The molecule has 1 aliphatic rings. The Kier molecular flexibility index (Phi) is 4.49. The van der Waals surface area contributed by atoms with Gasteiger partial charge in [-0.2, -0.15) is 5.26 Å². The molecule has 0 spiro atoms. The second-order valence-corrected chi connectivity index (χ2v) is 6.18. The van der Waals surface area contributed by atoms with Gasteiger partial charge in [0.15, 0.2) is 0 Å². The van der Waals surface area contributed by atoms with Gasteiger partial charge in [0.2, 0.25) is 0 Å². The summed E-state index contributed by atoms with van der Waals surface area (Å²) < 4.78 is 1.10. The van der Waals surface area contributed by atoms with Crippen molar-refractivity contribution in [3.05, 3.63) is 28.7 Å². The first-order chi connectivity index (χ1) is 9.10. The fraction of sp³-hybridized carbons (Fsp3) is 0.533. The smallest absolute Gasteiger partial charge is 0.106 e. The van der Waals surface area contributed by atoms with Crippen LogP contribution in [0.2, 0.25) is 0 Å². The Bertz CT molecular complexity index is 455. The lowest BCUT2D eigenvalue weighted by atomic mass is 9.80. The maximum Gasteiger partial charge on any atom is 0.106 e. The van der Waals surface area contributed by atoms with Crippen LogP contribution in [0.1, 0.15) is 25.7 Å². The molecule has 0 aromatic heterocycles. The number of anilines is 1. The summed E-state index contributed by atoms with van der Waals surface area (Å²) in [7, 11) is 4.04. The Labute approximate surface area is 123 Å². The number of halogens is 1. The fourth-order valence-electron chi connectivity index (χ4n) is 2.79. The number of hydrogen-bond donors (Lipinski definition) is 1. The standard InChI is InChI=1S/C15H20BrN3/c1-18-15(11-17)9-7-14(8-10-15)19(2)13-5-3-12(16)4-6-13/h3-6,14,18H,7-10H2,1-2H3. The first-order valence-electron chi connectivity index (χ1n) is 6.69. The van der Waals surface area contributed by atoms with E-state index in [-0.39, 0.29) is 5.54 Å². The Balaban J connectivity index is 2.02. The van der Waals surface area contributed by atoms with E-state index in [1.165, 1.54) is 5.69 Å². The SMILES string of the molecule is CNC1(C#N)CCC(N(C)c2ccc(Br)cc2)CC1. The third-order valence-corrected chi connectivity index (χ3v) is 4.81. The van der Waals surface area contributed by atoms with Crippen molar-refractivity contribution >= 4 is 21.6 Å². The minimum atomic E-state index is -0.308. The van der Waals surface area contributed by atoms with Crippen molar-refractivity contribution in [2.24, 2.45) is 0 Å². The Hall–Kier alpha value is -1.05. The van der Waals surface area contributed by atoms with Crippen molar-refractivity contribution in [2.75, 3.05) is 19.0 Å². The van der Waals surface area contributed by atoms with Gasteiger partial charge >= 0.3 is 0 Å². The quantitative estimate of drug-likeness (QED) is 0.928. The molecule has 1 N–H and O–H groups in total. The highest BCUT2D eigenvalue weighted by Gasteiger charge is 2.35. The summed E-state index contributed by atoms with van der Waals surface area (Å²) in [5, 5.41) is 12.5. The maximum atomic E-state index is 9.28. The van der Waals surface area contributed by atoms with Gasteiger partial charge in [0.1, 0.15) is 5.54 Å². The van der Waals surface area contributed by atoms with E-state index < -0.39 is 0 Å². The number of nitrogens with zero attached hydrogens (tertiary/aromatic N) is 2. The van der Waals surface area contributed by atoms with E-state index in [2.05, 4.69) is 63.5 Å². The van der Waals surface area contributed by atoms with Crippen LogP contribution in [0.5, 0.6) is 0 Å². The highest BCUT2D eigenvalue weighted by molar-refractivity contribution is 9.10. The van der Waals surface area contributed by atoms with Crippen LogP contribution in [0.3, 0.4) is 0 Å². The molecule has 0 unspecified atom stereocenters. The largest absolute Gasteiger partial charge is 0.372 e. The van der Waals surface area contributed by atoms with Gasteiger partial charge in [0.05, 0.1) is 6.07 Å². The summed E-state index contributed by atoms with van der Waals surface area (Å²) in [6, 6.07) is 11.4. The molecule has 2 rings (SSSR count). The molecular formula is C15H20BrN3. The molecule has 1 aromatic rings. The van der Waals surface area contributed by atoms with Crippen LogP contribution in [0.25, 0.3) is 0 Å². The van der Waals surface area contributed by atoms with Crippen molar-refractivity contribution in [3.8, 4) is 6.07 Å². The number of benzene rings is 1. The zero-order valence-corrected chi connectivity index (χ0v) is 13.1. The zero-order valence-electron chi connectivity index (χ0n) is 11.5. The monoisotopic (exact) mass is 321 g/mol. The van der Waals surface area contributed by atoms with Crippen molar-refractivity contribution in [1.29, 1.82) is 5.26 Å². The molecule has 19 heavy (non-hydrogen) atoms. The molecule has 3 nitrogen and oxygen atoms in total. The molecule has 1 aliphatic carbocycles. The maximum absolute atomic E-state index is 9.28. The molecule has 0 atom stereocenters. The van der Waals surface area contributed by atoms with Crippen molar-refractivity contribution < 1.29 is 0 Å². The summed E-state index contributed by atoms with van der Waals surface area (Å²) >= 11 is 3.46. The van der Waals surface area contributed by atoms with Crippen molar-refractivity contribution in [1.82, 2.24) is 5.32 Å². The van der Waals surface area contributed by atoms with Gasteiger partial charge in [0.25, 0.3) is 0 Å². The van der Waals surface area contributed by atoms with Gasteiger partial charge in [-0.1, -0.05) is 15.9 Å². The Morgan fingerprint density at radius 1 is 1.32 bits per heavy atom. The first kappa shape index (κ1) is 14.4. The van der Waals surface area contributed by atoms with Crippen molar-refractivity contribution in [2.45, 2.75) is 37.3 Å². The number of hydrogen-bond acceptors (Lipinski definition) is 3. The van der Waals surface area contributed by atoms with Gasteiger partial charge in [-0.15, -0.1) is 0 Å². The van der Waals surface area contributed by atoms with Gasteiger partial charge in [0, 0.05) is 23.2 Å². The van der Waals surface area contributed by atoms with E-state index in [0.717, 1.165) is 30.2 Å². The van der Waals surface area contributed by atoms with Crippen LogP contribution in [0.4, 0.5) is 5.69 Å². The number of nitriles is 1. The lowest BCUT2D eigenvalue weighted by molar-refractivity contribution is 0.287. The summed E-state index contributed by atoms with van der Waals surface area (Å²) in [5.74, 6) is 0. The molecule has 0 saturated heterocycles. The lowest BCUT2D eigenvalue weighted by Gasteiger charge is -2.39. The van der Waals surface area contributed by atoms with E-state index in [0.29, 0.717) is 6.04 Å². The summed E-state index contributed by atoms with van der Waals surface area (Å²) in [6.07, 6.45) is 3.96. The Morgan fingerprint density at radius 2 is 1.89 bits per heavy atom. The van der Waals surface area contributed by atoms with Crippen LogP contribution in [0, 0.1) is 11.3 Å². The van der Waals surface area contributed by atoms with Gasteiger partial charge in [-0.3, -0.25) is 0 Å². The van der Waals surface area contributed by atoms with Gasteiger partial charge < -0.3 is 10.2 Å². The number of nitrogens with one attached hydrogen (secondary N) is 1. The van der Waals surface area contributed by atoms with E-state index in [1.807, 2.05) is 7.05 Å². The second kappa shape index (κ2) is 5.94. The van der Waals surface area contributed by atoms with Crippen molar-refractivity contribution in [3.63, 3.8) is 0 Å². The van der Waals surface area contributed by atoms with Crippen LogP contribution in [-0.4, -0.2) is 25.7 Å². The molecule has 0 radical (unpaired) electrons. The Morgan fingerprint density at radius 3 is 2.37 bits per heavy atom. The predicted octanol–water partition coefficient (Wildman–Crippen LogP) is 3.31. The summed E-state index contributed by atoms with van der Waals surface area (Å²) in [5.41, 5.74) is 0.930. The molecular weight excluding hydrogens is 302 g/mol. The molecule has 4 heteroatoms.